The molecule has 1 heterocycles. The summed E-state index contributed by atoms with van der Waals surface area (Å²) in [6.07, 6.45) is 1.09. The lowest BCUT2D eigenvalue weighted by atomic mass is 10.9. The van der Waals surface area contributed by atoms with Crippen molar-refractivity contribution >= 4 is 27.2 Å². The van der Waals surface area contributed by atoms with Gasteiger partial charge in [-0.3, -0.25) is 4.72 Å². The Morgan fingerprint density at radius 2 is 2.40 bits per heavy atom. The number of hydrogen-bond acceptors (Lipinski definition) is 4. The third-order valence-corrected chi connectivity index (χ3v) is 1.89. The molecule has 0 amide bonds. The molecule has 0 bridgehead atoms. The van der Waals surface area contributed by atoms with Gasteiger partial charge in [-0.15, -0.1) is 11.3 Å². The number of sulfonamides is 1. The topological polar surface area (TPSA) is 59.1 Å². The van der Waals surface area contributed by atoms with E-state index in [-0.39, 0.29) is 0 Å². The highest BCUT2D eigenvalue weighted by Crippen LogP contribution is 2.07. The van der Waals surface area contributed by atoms with E-state index in [9.17, 15) is 8.42 Å². The van der Waals surface area contributed by atoms with Crippen molar-refractivity contribution in [3.8, 4) is 0 Å². The average molecular weight is 178 g/mol. The Bertz CT molecular complexity index is 289. The summed E-state index contributed by atoms with van der Waals surface area (Å²) >= 11 is 1.34. The van der Waals surface area contributed by atoms with Crippen LogP contribution in [-0.2, 0) is 10.0 Å². The fraction of sp³-hybridized carbons (Fsp3) is 0.250. The Morgan fingerprint density at radius 3 is 2.80 bits per heavy atom. The largest absolute Gasteiger partial charge is 0.267 e. The van der Waals surface area contributed by atoms with Crippen LogP contribution in [0.2, 0.25) is 0 Å². The Morgan fingerprint density at radius 1 is 1.70 bits per heavy atom. The molecule has 0 saturated heterocycles. The van der Waals surface area contributed by atoms with E-state index in [4.69, 9.17) is 0 Å². The van der Waals surface area contributed by atoms with Crippen molar-refractivity contribution in [2.75, 3.05) is 11.0 Å². The first kappa shape index (κ1) is 7.49. The maximum absolute atomic E-state index is 10.6. The van der Waals surface area contributed by atoms with Crippen LogP contribution in [0.1, 0.15) is 0 Å². The van der Waals surface area contributed by atoms with Gasteiger partial charge >= 0.3 is 0 Å². The van der Waals surface area contributed by atoms with Crippen molar-refractivity contribution in [3.05, 3.63) is 10.9 Å². The zero-order chi connectivity index (χ0) is 7.61. The Balaban J connectivity index is 2.75. The maximum atomic E-state index is 10.6. The number of rotatable bonds is 2. The number of nitrogens with one attached hydrogen (secondary N) is 1. The summed E-state index contributed by atoms with van der Waals surface area (Å²) in [5, 5.41) is 1.63. The van der Waals surface area contributed by atoms with Gasteiger partial charge in [-0.2, -0.15) is 0 Å². The van der Waals surface area contributed by atoms with Crippen molar-refractivity contribution in [1.82, 2.24) is 4.98 Å². The number of aromatic nitrogens is 1. The predicted octanol–water partition coefficient (Wildman–Crippen LogP) is 0.515. The molecule has 0 fully saturated rings. The minimum Gasteiger partial charge on any atom is -0.267 e. The molecule has 0 aromatic carbocycles. The van der Waals surface area contributed by atoms with E-state index in [1.54, 1.807) is 10.9 Å². The van der Waals surface area contributed by atoms with Crippen molar-refractivity contribution in [2.45, 2.75) is 0 Å². The number of hydrogen-bond donors (Lipinski definition) is 1. The minimum absolute atomic E-state index is 0.382. The molecule has 56 valence electrons. The highest BCUT2D eigenvalue weighted by molar-refractivity contribution is 7.92. The summed E-state index contributed by atoms with van der Waals surface area (Å²) in [5.74, 6) is 0.382. The zero-order valence-electron chi connectivity index (χ0n) is 5.23. The molecule has 0 spiro atoms. The van der Waals surface area contributed by atoms with Crippen LogP contribution in [0.3, 0.4) is 0 Å². The predicted molar refractivity (Wildman–Crippen MR) is 40.6 cm³/mol. The van der Waals surface area contributed by atoms with E-state index < -0.39 is 10.0 Å². The lowest BCUT2D eigenvalue weighted by Gasteiger charge is -1.95. The van der Waals surface area contributed by atoms with Crippen molar-refractivity contribution in [3.63, 3.8) is 0 Å². The van der Waals surface area contributed by atoms with Crippen LogP contribution < -0.4 is 4.72 Å². The summed E-state index contributed by atoms with van der Waals surface area (Å²) < 4.78 is 23.3. The average Bonchev–Trinajstić information content (AvgIpc) is 2.12. The van der Waals surface area contributed by atoms with E-state index in [1.807, 2.05) is 0 Å². The van der Waals surface area contributed by atoms with Crippen LogP contribution in [0.4, 0.5) is 5.82 Å². The number of anilines is 1. The number of thiazole rings is 1. The normalized spacial score (nSPS) is 11.3. The first-order chi connectivity index (χ1) is 4.58. The highest BCUT2D eigenvalue weighted by Gasteiger charge is 2.01. The molecule has 1 N–H and O–H groups in total. The van der Waals surface area contributed by atoms with Gasteiger partial charge in [0.2, 0.25) is 10.0 Å². The quantitative estimate of drug-likeness (QED) is 0.718. The van der Waals surface area contributed by atoms with Gasteiger partial charge in [0.1, 0.15) is 5.82 Å². The summed E-state index contributed by atoms with van der Waals surface area (Å²) in [6.45, 7) is 0. The van der Waals surface area contributed by atoms with Crippen molar-refractivity contribution in [1.29, 1.82) is 0 Å². The monoisotopic (exact) mass is 178 g/mol. The van der Waals surface area contributed by atoms with E-state index >= 15 is 0 Å². The third kappa shape index (κ3) is 2.32. The molecule has 10 heavy (non-hydrogen) atoms. The van der Waals surface area contributed by atoms with Gasteiger partial charge in [-0.1, -0.05) is 0 Å². The molecule has 4 nitrogen and oxygen atoms in total. The lowest BCUT2D eigenvalue weighted by Crippen LogP contribution is -2.09. The molecular formula is C4H6N2O2S2. The Hall–Kier alpha value is -0.620. The molecule has 0 atom stereocenters. The first-order valence-corrected chi connectivity index (χ1v) is 5.27. The van der Waals surface area contributed by atoms with E-state index in [0.29, 0.717) is 5.82 Å². The van der Waals surface area contributed by atoms with Gasteiger partial charge in [-0.25, -0.2) is 13.4 Å². The summed E-state index contributed by atoms with van der Waals surface area (Å²) in [7, 11) is -3.15. The lowest BCUT2D eigenvalue weighted by molar-refractivity contribution is 0.606. The smallest absolute Gasteiger partial charge is 0.230 e. The molecule has 6 heteroatoms. The van der Waals surface area contributed by atoms with Crippen molar-refractivity contribution in [2.24, 2.45) is 0 Å². The third-order valence-electron chi connectivity index (χ3n) is 0.722. The molecule has 1 rings (SSSR count). The second kappa shape index (κ2) is 2.55. The van der Waals surface area contributed by atoms with Crippen molar-refractivity contribution < 1.29 is 8.42 Å². The summed E-state index contributed by atoms with van der Waals surface area (Å²) in [5.41, 5.74) is 1.56. The summed E-state index contributed by atoms with van der Waals surface area (Å²) in [6, 6.07) is 0. The molecule has 1 aromatic heterocycles. The van der Waals surface area contributed by atoms with Crippen LogP contribution in [0.15, 0.2) is 10.9 Å². The van der Waals surface area contributed by atoms with E-state index in [2.05, 4.69) is 9.71 Å². The second-order valence-electron chi connectivity index (χ2n) is 1.75. The van der Waals surface area contributed by atoms with Gasteiger partial charge in [0.25, 0.3) is 0 Å². The SMILES string of the molecule is CS(=O)(=O)Nc1cscn1. The Kier molecular flexibility index (Phi) is 1.91. The molecular weight excluding hydrogens is 172 g/mol. The van der Waals surface area contributed by atoms with Crippen LogP contribution in [0, 0.1) is 0 Å². The standard InChI is InChI=1S/C4H6N2O2S2/c1-10(7,8)6-4-2-9-3-5-4/h2-3,6H,1H3. The Labute approximate surface area is 63.0 Å². The van der Waals surface area contributed by atoms with Gasteiger partial charge in [0, 0.05) is 5.38 Å². The molecule has 1 aromatic rings. The van der Waals surface area contributed by atoms with E-state index in [0.717, 1.165) is 6.26 Å². The van der Waals surface area contributed by atoms with Crippen LogP contribution in [0.25, 0.3) is 0 Å². The zero-order valence-corrected chi connectivity index (χ0v) is 6.87. The molecule has 0 aliphatic heterocycles. The van der Waals surface area contributed by atoms with Gasteiger partial charge in [-0.05, 0) is 0 Å². The molecule has 0 aliphatic rings. The molecule has 0 aliphatic carbocycles. The molecule has 0 unspecified atom stereocenters. The van der Waals surface area contributed by atoms with E-state index in [1.165, 1.54) is 11.3 Å². The first-order valence-electron chi connectivity index (χ1n) is 2.44. The van der Waals surface area contributed by atoms with Gasteiger partial charge in [0.15, 0.2) is 0 Å². The fourth-order valence-electron chi connectivity index (χ4n) is 0.453. The molecule has 0 saturated carbocycles. The summed E-state index contributed by atoms with van der Waals surface area (Å²) in [4.78, 5) is 3.73. The van der Waals surface area contributed by atoms with Crippen LogP contribution >= 0.6 is 11.3 Å². The van der Waals surface area contributed by atoms with Gasteiger partial charge in [0.05, 0.1) is 11.8 Å². The van der Waals surface area contributed by atoms with Gasteiger partial charge < -0.3 is 0 Å². The molecule has 0 radical (unpaired) electrons. The van der Waals surface area contributed by atoms with Crippen LogP contribution in [0.5, 0.6) is 0 Å². The highest BCUT2D eigenvalue weighted by atomic mass is 32.2. The number of nitrogens with zero attached hydrogens (tertiary/aromatic N) is 1. The maximum Gasteiger partial charge on any atom is 0.230 e. The van der Waals surface area contributed by atoms with Crippen LogP contribution in [-0.4, -0.2) is 19.7 Å². The minimum atomic E-state index is -3.15. The second-order valence-corrected chi connectivity index (χ2v) is 4.22. The fourth-order valence-corrected chi connectivity index (χ4v) is 1.50.